The molecule has 0 radical (unpaired) electrons. The topological polar surface area (TPSA) is 86.7 Å². The van der Waals surface area contributed by atoms with Gasteiger partial charge in [-0.15, -0.1) is 0 Å². The minimum absolute atomic E-state index is 0.0127. The van der Waals surface area contributed by atoms with E-state index in [0.717, 1.165) is 17.5 Å². The molecular formula is C18H24N2O4. The third-order valence-corrected chi connectivity index (χ3v) is 4.06. The van der Waals surface area contributed by atoms with Crippen molar-refractivity contribution in [2.24, 2.45) is 0 Å². The van der Waals surface area contributed by atoms with E-state index in [4.69, 9.17) is 5.11 Å². The fraction of sp³-hybridized carbons (Fsp3) is 0.500. The zero-order valence-corrected chi connectivity index (χ0v) is 14.2. The number of rotatable bonds is 6. The van der Waals surface area contributed by atoms with Crippen molar-refractivity contribution in [2.45, 2.75) is 52.1 Å². The van der Waals surface area contributed by atoms with E-state index in [1.807, 2.05) is 19.9 Å². The van der Waals surface area contributed by atoms with Crippen LogP contribution in [0.3, 0.4) is 0 Å². The maximum Gasteiger partial charge on any atom is 0.335 e. The minimum Gasteiger partial charge on any atom is -0.478 e. The van der Waals surface area contributed by atoms with Crippen molar-refractivity contribution < 1.29 is 19.5 Å². The average molecular weight is 332 g/mol. The Balaban J connectivity index is 1.87. The highest BCUT2D eigenvalue weighted by molar-refractivity contribution is 5.88. The summed E-state index contributed by atoms with van der Waals surface area (Å²) >= 11 is 0. The Kier molecular flexibility index (Phi) is 5.95. The molecule has 2 rings (SSSR count). The van der Waals surface area contributed by atoms with Crippen molar-refractivity contribution in [3.8, 4) is 0 Å². The van der Waals surface area contributed by atoms with Crippen LogP contribution in [-0.4, -0.2) is 40.4 Å². The first-order valence-corrected chi connectivity index (χ1v) is 8.29. The summed E-state index contributed by atoms with van der Waals surface area (Å²) in [7, 11) is 0. The predicted octanol–water partition coefficient (Wildman–Crippen LogP) is 1.96. The molecule has 0 atom stereocenters. The second kappa shape index (κ2) is 7.95. The molecule has 0 bridgehead atoms. The summed E-state index contributed by atoms with van der Waals surface area (Å²) < 4.78 is 0. The van der Waals surface area contributed by atoms with Crippen LogP contribution in [0.15, 0.2) is 18.2 Å². The van der Waals surface area contributed by atoms with Gasteiger partial charge in [-0.05, 0) is 49.9 Å². The molecule has 1 aromatic carbocycles. The van der Waals surface area contributed by atoms with Crippen LogP contribution in [0, 0.1) is 0 Å². The number of carbonyl (C=O) groups is 3. The van der Waals surface area contributed by atoms with Crippen molar-refractivity contribution in [2.75, 3.05) is 6.54 Å². The van der Waals surface area contributed by atoms with Gasteiger partial charge < -0.3 is 15.3 Å². The van der Waals surface area contributed by atoms with Crippen molar-refractivity contribution >= 4 is 17.8 Å². The Morgan fingerprint density at radius 3 is 2.62 bits per heavy atom. The van der Waals surface area contributed by atoms with E-state index in [-0.39, 0.29) is 23.4 Å². The van der Waals surface area contributed by atoms with Crippen LogP contribution in [0.1, 0.15) is 54.6 Å². The van der Waals surface area contributed by atoms with Crippen LogP contribution in [0.5, 0.6) is 0 Å². The van der Waals surface area contributed by atoms with E-state index in [9.17, 15) is 14.4 Å². The van der Waals surface area contributed by atoms with Gasteiger partial charge >= 0.3 is 5.97 Å². The molecule has 1 aliphatic rings. The highest BCUT2D eigenvalue weighted by atomic mass is 16.4. The minimum atomic E-state index is -0.961. The molecule has 1 aliphatic heterocycles. The summed E-state index contributed by atoms with van der Waals surface area (Å²) in [6.07, 6.45) is 1.93. The zero-order chi connectivity index (χ0) is 17.7. The van der Waals surface area contributed by atoms with Gasteiger partial charge in [0, 0.05) is 32.0 Å². The van der Waals surface area contributed by atoms with Gasteiger partial charge in [0.05, 0.1) is 5.56 Å². The van der Waals surface area contributed by atoms with Crippen LogP contribution in [0.25, 0.3) is 0 Å². The highest BCUT2D eigenvalue weighted by Crippen LogP contribution is 2.21. The molecule has 6 nitrogen and oxygen atoms in total. The first-order chi connectivity index (χ1) is 11.4. The lowest BCUT2D eigenvalue weighted by atomic mass is 9.97. The molecule has 1 heterocycles. The van der Waals surface area contributed by atoms with Crippen LogP contribution >= 0.6 is 0 Å². The van der Waals surface area contributed by atoms with Gasteiger partial charge in [0.1, 0.15) is 0 Å². The van der Waals surface area contributed by atoms with E-state index in [1.54, 1.807) is 17.0 Å². The molecule has 1 aromatic rings. The molecule has 2 amide bonds. The Morgan fingerprint density at radius 1 is 1.21 bits per heavy atom. The molecular weight excluding hydrogens is 308 g/mol. The number of fused-ring (bicyclic) bond motifs is 1. The van der Waals surface area contributed by atoms with E-state index < -0.39 is 5.97 Å². The molecule has 0 spiro atoms. The van der Waals surface area contributed by atoms with Crippen molar-refractivity contribution in [1.29, 1.82) is 0 Å². The Hall–Kier alpha value is -2.37. The fourth-order valence-corrected chi connectivity index (χ4v) is 2.86. The number of carboxylic acid groups (broad SMARTS) is 1. The quantitative estimate of drug-likeness (QED) is 0.834. The molecule has 0 aromatic heterocycles. The maximum atomic E-state index is 12.3. The number of nitrogens with one attached hydrogen (secondary N) is 1. The second-order valence-electron chi connectivity index (χ2n) is 6.43. The zero-order valence-electron chi connectivity index (χ0n) is 14.2. The van der Waals surface area contributed by atoms with Gasteiger partial charge in [-0.2, -0.15) is 0 Å². The maximum absolute atomic E-state index is 12.3. The van der Waals surface area contributed by atoms with Crippen molar-refractivity contribution in [3.05, 3.63) is 34.9 Å². The van der Waals surface area contributed by atoms with Crippen LogP contribution in [0.4, 0.5) is 0 Å². The monoisotopic (exact) mass is 332 g/mol. The van der Waals surface area contributed by atoms with Gasteiger partial charge in [0.25, 0.3) is 0 Å². The molecule has 24 heavy (non-hydrogen) atoms. The second-order valence-corrected chi connectivity index (χ2v) is 6.43. The number of carbonyl (C=O) groups excluding carboxylic acids is 2. The molecule has 0 fully saturated rings. The molecule has 6 heteroatoms. The lowest BCUT2D eigenvalue weighted by Crippen LogP contribution is -2.36. The summed E-state index contributed by atoms with van der Waals surface area (Å²) in [5.41, 5.74) is 2.24. The molecule has 0 saturated heterocycles. The van der Waals surface area contributed by atoms with Crippen molar-refractivity contribution in [3.63, 3.8) is 0 Å². The number of hydrogen-bond donors (Lipinski definition) is 2. The largest absolute Gasteiger partial charge is 0.478 e. The summed E-state index contributed by atoms with van der Waals surface area (Å²) in [4.78, 5) is 36.7. The summed E-state index contributed by atoms with van der Waals surface area (Å²) in [6, 6.07) is 5.19. The van der Waals surface area contributed by atoms with Crippen LogP contribution < -0.4 is 5.32 Å². The van der Waals surface area contributed by atoms with E-state index in [0.29, 0.717) is 32.4 Å². The van der Waals surface area contributed by atoms with E-state index in [1.165, 1.54) is 0 Å². The summed E-state index contributed by atoms with van der Waals surface area (Å²) in [5, 5.41) is 11.9. The van der Waals surface area contributed by atoms with Crippen LogP contribution in [0.2, 0.25) is 0 Å². The van der Waals surface area contributed by atoms with Gasteiger partial charge in [-0.1, -0.05) is 6.07 Å². The number of carboxylic acids is 1. The Bertz CT molecular complexity index is 640. The molecule has 0 unspecified atom stereocenters. The molecule has 2 N–H and O–H groups in total. The Labute approximate surface area is 141 Å². The normalized spacial score (nSPS) is 13.5. The Morgan fingerprint density at radius 2 is 1.96 bits per heavy atom. The van der Waals surface area contributed by atoms with Crippen LogP contribution in [-0.2, 0) is 22.6 Å². The van der Waals surface area contributed by atoms with Gasteiger partial charge in [-0.25, -0.2) is 4.79 Å². The first-order valence-electron chi connectivity index (χ1n) is 8.29. The van der Waals surface area contributed by atoms with E-state index in [2.05, 4.69) is 5.32 Å². The number of aromatic carboxylic acids is 1. The standard InChI is InChI=1S/C18H24N2O4/c1-12(2)19-16(21)4-3-5-17(22)20-9-8-13-6-7-14(18(23)24)10-15(13)11-20/h6-7,10,12H,3-5,8-9,11H2,1-2H3,(H,19,21)(H,23,24). The lowest BCUT2D eigenvalue weighted by Gasteiger charge is -2.29. The number of hydrogen-bond acceptors (Lipinski definition) is 3. The SMILES string of the molecule is CC(C)NC(=O)CCCC(=O)N1CCc2ccc(C(=O)O)cc2C1. The van der Waals surface area contributed by atoms with E-state index >= 15 is 0 Å². The number of benzene rings is 1. The smallest absolute Gasteiger partial charge is 0.335 e. The van der Waals surface area contributed by atoms with Gasteiger partial charge in [0.15, 0.2) is 0 Å². The summed E-state index contributed by atoms with van der Waals surface area (Å²) in [6.45, 7) is 4.88. The number of nitrogens with zero attached hydrogens (tertiary/aromatic N) is 1. The number of amides is 2. The molecule has 0 saturated carbocycles. The first kappa shape index (κ1) is 18.0. The third-order valence-electron chi connectivity index (χ3n) is 4.06. The predicted molar refractivity (Wildman–Crippen MR) is 89.7 cm³/mol. The van der Waals surface area contributed by atoms with Gasteiger partial charge in [-0.3, -0.25) is 9.59 Å². The van der Waals surface area contributed by atoms with Gasteiger partial charge in [0.2, 0.25) is 11.8 Å². The average Bonchev–Trinajstić information content (AvgIpc) is 2.52. The van der Waals surface area contributed by atoms with Crippen molar-refractivity contribution in [1.82, 2.24) is 10.2 Å². The third kappa shape index (κ3) is 4.81. The lowest BCUT2D eigenvalue weighted by molar-refractivity contribution is -0.132. The molecule has 130 valence electrons. The highest BCUT2D eigenvalue weighted by Gasteiger charge is 2.21. The molecule has 0 aliphatic carbocycles. The fourth-order valence-electron chi connectivity index (χ4n) is 2.86. The summed E-state index contributed by atoms with van der Waals surface area (Å²) in [5.74, 6) is -0.982.